The van der Waals surface area contributed by atoms with Crippen LogP contribution in [0.1, 0.15) is 24.3 Å². The summed E-state index contributed by atoms with van der Waals surface area (Å²) in [6.07, 6.45) is 3.24. The van der Waals surface area contributed by atoms with Gasteiger partial charge in [0.2, 0.25) is 5.91 Å². The maximum atomic E-state index is 12.4. The predicted molar refractivity (Wildman–Crippen MR) is 94.3 cm³/mol. The normalized spacial score (nSPS) is 20.7. The van der Waals surface area contributed by atoms with E-state index in [0.29, 0.717) is 16.5 Å². The third kappa shape index (κ3) is 5.03. The first kappa shape index (κ1) is 18.4. The van der Waals surface area contributed by atoms with Gasteiger partial charge >= 0.3 is 5.97 Å². The Morgan fingerprint density at radius 1 is 1.35 bits per heavy atom. The van der Waals surface area contributed by atoms with Crippen LogP contribution in [0, 0.1) is 5.92 Å². The minimum Gasteiger partial charge on any atom is -0.467 e. The van der Waals surface area contributed by atoms with Crippen LogP contribution in [0.15, 0.2) is 18.2 Å². The molecule has 0 bridgehead atoms. The van der Waals surface area contributed by atoms with Crippen LogP contribution in [-0.4, -0.2) is 37.0 Å². The maximum Gasteiger partial charge on any atom is 0.328 e. The second-order valence-electron chi connectivity index (χ2n) is 5.52. The van der Waals surface area contributed by atoms with E-state index in [2.05, 4.69) is 5.32 Å². The fourth-order valence-corrected chi connectivity index (χ4v) is 3.56. The molecule has 0 aromatic heterocycles. The summed E-state index contributed by atoms with van der Waals surface area (Å²) in [5.74, 6) is 0.201. The molecule has 1 saturated carbocycles. The minimum absolute atomic E-state index is 0.102. The first-order valence-electron chi connectivity index (χ1n) is 7.29. The Morgan fingerprint density at radius 3 is 2.57 bits per heavy atom. The zero-order valence-corrected chi connectivity index (χ0v) is 15.3. The summed E-state index contributed by atoms with van der Waals surface area (Å²) in [5, 5.41) is 3.92. The number of carbonyl (C=O) groups is 2. The summed E-state index contributed by atoms with van der Waals surface area (Å²) < 4.78 is 4.76. The van der Waals surface area contributed by atoms with Crippen LogP contribution in [0.3, 0.4) is 0 Å². The smallest absolute Gasteiger partial charge is 0.328 e. The summed E-state index contributed by atoms with van der Waals surface area (Å²) in [4.78, 5) is 24.1. The van der Waals surface area contributed by atoms with Gasteiger partial charge in [0, 0.05) is 16.0 Å². The molecule has 0 unspecified atom stereocenters. The standard InChI is InChI=1S/C16H19Cl2NO3S/c1-22-16(21)14(3-4-23-2)19-15(20)13-8-12(13)9-5-10(17)7-11(18)6-9/h5-7,12-14H,3-4,8H2,1-2H3,(H,19,20)/t12-,13-,14-/m0/s1. The fraction of sp³-hybridized carbons (Fsp3) is 0.500. The number of nitrogens with one attached hydrogen (secondary N) is 1. The zero-order chi connectivity index (χ0) is 17.0. The molecule has 1 N–H and O–H groups in total. The number of rotatable bonds is 7. The highest BCUT2D eigenvalue weighted by molar-refractivity contribution is 7.98. The van der Waals surface area contributed by atoms with Gasteiger partial charge in [0.25, 0.3) is 0 Å². The quantitative estimate of drug-likeness (QED) is 0.740. The van der Waals surface area contributed by atoms with Gasteiger partial charge in [-0.1, -0.05) is 23.2 Å². The second kappa shape index (κ2) is 8.27. The van der Waals surface area contributed by atoms with Gasteiger partial charge in [-0.3, -0.25) is 4.79 Å². The molecule has 7 heteroatoms. The monoisotopic (exact) mass is 375 g/mol. The molecule has 1 aromatic rings. The molecule has 4 nitrogen and oxygen atoms in total. The van der Waals surface area contributed by atoms with Gasteiger partial charge in [0.05, 0.1) is 7.11 Å². The van der Waals surface area contributed by atoms with E-state index in [0.717, 1.165) is 17.7 Å². The molecule has 0 aliphatic heterocycles. The fourth-order valence-electron chi connectivity index (χ4n) is 2.55. The molecule has 2 rings (SSSR count). The number of amides is 1. The van der Waals surface area contributed by atoms with Crippen LogP contribution in [0.5, 0.6) is 0 Å². The Hall–Kier alpha value is -0.910. The van der Waals surface area contributed by atoms with Crippen LogP contribution in [0.25, 0.3) is 0 Å². The van der Waals surface area contributed by atoms with Gasteiger partial charge in [-0.15, -0.1) is 0 Å². The summed E-state index contributed by atoms with van der Waals surface area (Å²) in [5.41, 5.74) is 0.960. The van der Waals surface area contributed by atoms with E-state index in [1.165, 1.54) is 7.11 Å². The summed E-state index contributed by atoms with van der Waals surface area (Å²) in [6.45, 7) is 0. The first-order valence-corrected chi connectivity index (χ1v) is 9.44. The number of thioether (sulfide) groups is 1. The van der Waals surface area contributed by atoms with Gasteiger partial charge in [-0.25, -0.2) is 4.79 Å². The van der Waals surface area contributed by atoms with Gasteiger partial charge in [0.1, 0.15) is 6.04 Å². The second-order valence-corrected chi connectivity index (χ2v) is 7.38. The summed E-state index contributed by atoms with van der Waals surface area (Å²) >= 11 is 13.6. The van der Waals surface area contributed by atoms with Gasteiger partial charge < -0.3 is 10.1 Å². The number of hydrogen-bond donors (Lipinski definition) is 1. The van der Waals surface area contributed by atoms with Crippen molar-refractivity contribution >= 4 is 46.8 Å². The van der Waals surface area contributed by atoms with E-state index in [4.69, 9.17) is 27.9 Å². The predicted octanol–water partition coefficient (Wildman–Crippen LogP) is 3.51. The molecule has 0 radical (unpaired) electrons. The van der Waals surface area contributed by atoms with E-state index in [1.807, 2.05) is 18.4 Å². The number of benzene rings is 1. The Labute approximate surface area is 150 Å². The highest BCUT2D eigenvalue weighted by atomic mass is 35.5. The van der Waals surface area contributed by atoms with Crippen molar-refractivity contribution in [3.63, 3.8) is 0 Å². The van der Waals surface area contributed by atoms with Crippen LogP contribution in [-0.2, 0) is 14.3 Å². The van der Waals surface area contributed by atoms with E-state index in [-0.39, 0.29) is 17.7 Å². The van der Waals surface area contributed by atoms with Crippen molar-refractivity contribution in [2.75, 3.05) is 19.1 Å². The molecule has 3 atom stereocenters. The van der Waals surface area contributed by atoms with Crippen molar-refractivity contribution in [3.05, 3.63) is 33.8 Å². The first-order chi connectivity index (χ1) is 11.0. The van der Waals surface area contributed by atoms with Crippen molar-refractivity contribution in [3.8, 4) is 0 Å². The Bertz CT molecular complexity index is 576. The maximum absolute atomic E-state index is 12.4. The molecule has 1 aliphatic rings. The molecule has 1 amide bonds. The molecular formula is C16H19Cl2NO3S. The largest absolute Gasteiger partial charge is 0.467 e. The van der Waals surface area contributed by atoms with Crippen LogP contribution in [0.2, 0.25) is 10.0 Å². The van der Waals surface area contributed by atoms with Crippen molar-refractivity contribution in [2.45, 2.75) is 24.8 Å². The van der Waals surface area contributed by atoms with Crippen molar-refractivity contribution < 1.29 is 14.3 Å². The Balaban J connectivity index is 1.97. The molecule has 126 valence electrons. The summed E-state index contributed by atoms with van der Waals surface area (Å²) in [7, 11) is 1.33. The number of hydrogen-bond acceptors (Lipinski definition) is 4. The number of ether oxygens (including phenoxy) is 1. The van der Waals surface area contributed by atoms with Crippen LogP contribution in [0.4, 0.5) is 0 Å². The van der Waals surface area contributed by atoms with Crippen LogP contribution >= 0.6 is 35.0 Å². The lowest BCUT2D eigenvalue weighted by molar-refractivity contribution is -0.145. The number of halogens is 2. The number of esters is 1. The van der Waals surface area contributed by atoms with E-state index >= 15 is 0 Å². The third-order valence-corrected chi connectivity index (χ3v) is 4.93. The minimum atomic E-state index is -0.593. The molecular weight excluding hydrogens is 357 g/mol. The lowest BCUT2D eigenvalue weighted by Crippen LogP contribution is -2.42. The van der Waals surface area contributed by atoms with Gasteiger partial charge in [-0.05, 0) is 54.5 Å². The van der Waals surface area contributed by atoms with Gasteiger partial charge in [0.15, 0.2) is 0 Å². The molecule has 0 spiro atoms. The molecule has 23 heavy (non-hydrogen) atoms. The number of carbonyl (C=O) groups excluding carboxylic acids is 2. The van der Waals surface area contributed by atoms with Gasteiger partial charge in [-0.2, -0.15) is 11.8 Å². The molecule has 1 aromatic carbocycles. The van der Waals surface area contributed by atoms with Crippen molar-refractivity contribution in [1.29, 1.82) is 0 Å². The SMILES string of the molecule is COC(=O)[C@H](CCSC)NC(=O)[C@H]1C[C@H]1c1cc(Cl)cc(Cl)c1. The van der Waals surface area contributed by atoms with E-state index in [1.54, 1.807) is 17.8 Å². The third-order valence-electron chi connectivity index (χ3n) is 3.85. The lowest BCUT2D eigenvalue weighted by Gasteiger charge is -2.16. The highest BCUT2D eigenvalue weighted by Crippen LogP contribution is 2.48. The van der Waals surface area contributed by atoms with Crippen molar-refractivity contribution in [2.24, 2.45) is 5.92 Å². The Morgan fingerprint density at radius 2 is 2.00 bits per heavy atom. The summed E-state index contributed by atoms with van der Waals surface area (Å²) in [6, 6.07) is 4.73. The molecule has 1 fully saturated rings. The Kier molecular flexibility index (Phi) is 6.62. The zero-order valence-electron chi connectivity index (χ0n) is 13.0. The van der Waals surface area contributed by atoms with E-state index < -0.39 is 12.0 Å². The van der Waals surface area contributed by atoms with Crippen LogP contribution < -0.4 is 5.32 Å². The highest BCUT2D eigenvalue weighted by Gasteiger charge is 2.45. The molecule has 1 aliphatic carbocycles. The van der Waals surface area contributed by atoms with E-state index in [9.17, 15) is 9.59 Å². The average molecular weight is 376 g/mol. The lowest BCUT2D eigenvalue weighted by atomic mass is 10.1. The molecule has 0 heterocycles. The topological polar surface area (TPSA) is 55.4 Å². The molecule has 0 saturated heterocycles. The number of methoxy groups -OCH3 is 1. The average Bonchev–Trinajstić information content (AvgIpc) is 3.30. The van der Waals surface area contributed by atoms with Crippen molar-refractivity contribution in [1.82, 2.24) is 5.32 Å².